The lowest BCUT2D eigenvalue weighted by Gasteiger charge is -2.40. The highest BCUT2D eigenvalue weighted by Crippen LogP contribution is 2.44. The summed E-state index contributed by atoms with van der Waals surface area (Å²) in [6.45, 7) is 3.61. The van der Waals surface area contributed by atoms with E-state index in [1.165, 1.54) is 6.92 Å². The molecule has 1 saturated carbocycles. The summed E-state index contributed by atoms with van der Waals surface area (Å²) in [6.07, 6.45) is 1.10. The molecule has 0 spiro atoms. The number of anilines is 2. The highest BCUT2D eigenvalue weighted by Gasteiger charge is 2.44. The summed E-state index contributed by atoms with van der Waals surface area (Å²) in [5, 5.41) is 13.5. The topological polar surface area (TPSA) is 132 Å². The molecule has 0 bridgehead atoms. The fraction of sp³-hybridized carbons (Fsp3) is 0.517. The van der Waals surface area contributed by atoms with Crippen molar-refractivity contribution in [2.45, 2.75) is 63.6 Å². The predicted molar refractivity (Wildman–Crippen MR) is 153 cm³/mol. The normalized spacial score (nSPS) is 24.2. The van der Waals surface area contributed by atoms with Gasteiger partial charge in [0.15, 0.2) is 5.78 Å². The first-order chi connectivity index (χ1) is 20.0. The maximum atomic E-state index is 14.5. The Morgan fingerprint density at radius 1 is 1.19 bits per heavy atom. The lowest BCUT2D eigenvalue weighted by Crippen LogP contribution is -2.47. The number of aliphatic hydroxyl groups is 1. The van der Waals surface area contributed by atoms with Crippen LogP contribution in [0.5, 0.6) is 0 Å². The van der Waals surface area contributed by atoms with Gasteiger partial charge in [0, 0.05) is 29.8 Å². The maximum absolute atomic E-state index is 14.5. The summed E-state index contributed by atoms with van der Waals surface area (Å²) in [5.74, 6) is -3.19. The van der Waals surface area contributed by atoms with E-state index in [0.717, 1.165) is 56.8 Å². The molecule has 1 amide bonds. The number of piperidine rings is 1. The number of β-amino-alcohol motifs (C(OH)–C–C–N with tert-alkyl or cyclic N) is 1. The second-order valence-electron chi connectivity index (χ2n) is 11.9. The summed E-state index contributed by atoms with van der Waals surface area (Å²) in [4.78, 5) is 31.2. The predicted octanol–water partition coefficient (Wildman–Crippen LogP) is 4.94. The number of amides is 1. The summed E-state index contributed by atoms with van der Waals surface area (Å²) in [7, 11) is -3.87. The van der Waals surface area contributed by atoms with E-state index in [9.17, 15) is 40.7 Å². The molecule has 3 aliphatic rings. The van der Waals surface area contributed by atoms with Gasteiger partial charge in [-0.2, -0.15) is 13.2 Å². The number of Topliss-reactive ketones (excluding diaryl/α,β-unsaturated/α-hetero) is 1. The number of hydrogen-bond acceptors (Lipinski definition) is 6. The van der Waals surface area contributed by atoms with E-state index in [1.54, 1.807) is 0 Å². The zero-order valence-corrected chi connectivity index (χ0v) is 24.6. The Balaban J connectivity index is 1.45. The third-order valence-electron chi connectivity index (χ3n) is 8.46. The van der Waals surface area contributed by atoms with Gasteiger partial charge >= 0.3 is 6.18 Å². The van der Waals surface area contributed by atoms with Crippen LogP contribution in [0.2, 0.25) is 0 Å². The molecule has 234 valence electrons. The summed E-state index contributed by atoms with van der Waals surface area (Å²) in [6, 6.07) is 1.76. The Morgan fingerprint density at radius 2 is 1.84 bits per heavy atom. The van der Waals surface area contributed by atoms with E-state index in [0.29, 0.717) is 19.4 Å². The Kier molecular flexibility index (Phi) is 8.24. The smallest absolute Gasteiger partial charge is 0.389 e. The molecule has 1 saturated heterocycles. The number of carbonyl (C=O) groups excluding carboxylic acids is 2. The van der Waals surface area contributed by atoms with E-state index in [2.05, 4.69) is 19.9 Å². The number of H-pyrrole nitrogens is 1. The molecule has 1 aromatic heterocycles. The van der Waals surface area contributed by atoms with Gasteiger partial charge in [-0.05, 0) is 70.7 Å². The van der Waals surface area contributed by atoms with Gasteiger partial charge in [-0.1, -0.05) is 6.42 Å². The number of ketones is 1. The largest absolute Gasteiger partial charge is 0.419 e. The van der Waals surface area contributed by atoms with Crippen molar-refractivity contribution in [1.82, 2.24) is 9.88 Å². The van der Waals surface area contributed by atoms with Gasteiger partial charge in [0.2, 0.25) is 10.0 Å². The number of carbonyl (C=O) groups is 2. The number of likely N-dealkylation sites (tertiary alicyclic amines) is 1. The van der Waals surface area contributed by atoms with Crippen molar-refractivity contribution in [1.29, 1.82) is 0 Å². The number of sulfonamides is 1. The van der Waals surface area contributed by atoms with Crippen LogP contribution in [0.3, 0.4) is 0 Å². The van der Waals surface area contributed by atoms with Crippen molar-refractivity contribution in [3.63, 3.8) is 0 Å². The number of nitrogens with zero attached hydrogens (tertiary/aromatic N) is 1. The Hall–Kier alpha value is -3.23. The van der Waals surface area contributed by atoms with E-state index in [-0.39, 0.29) is 41.0 Å². The number of aromatic amines is 1. The minimum Gasteiger partial charge on any atom is -0.389 e. The molecule has 2 fully saturated rings. The zero-order valence-electron chi connectivity index (χ0n) is 23.8. The first-order valence-electron chi connectivity index (χ1n) is 14.2. The zero-order chi connectivity index (χ0) is 31.3. The number of aryl methyl sites for hydroxylation is 1. The molecule has 4 N–H and O–H groups in total. The molecule has 1 aliphatic carbocycles. The average molecular weight is 627 g/mol. The van der Waals surface area contributed by atoms with E-state index in [4.69, 9.17) is 0 Å². The lowest BCUT2D eigenvalue weighted by molar-refractivity contribution is -0.138. The fourth-order valence-corrected chi connectivity index (χ4v) is 7.06. The summed E-state index contributed by atoms with van der Waals surface area (Å²) >= 11 is 0. The Labute approximate surface area is 246 Å². The standard InChI is InChI=1S/C29H34F4N4O5S/c1-16-23(26(38)17-6-8-28(40,9-7-17)15-37-10-4-3-5-11-37)24(29(31,32)33)21(34-16)14-20-19-12-18(30)13-22(36-43(2,41)42)25(19)35-27(20)39/h12-14,17,34,36,40H,3-11,15H2,1-2H3,(H,35,39)/b20-14-. The van der Waals surface area contributed by atoms with Crippen LogP contribution in [-0.4, -0.2) is 66.6 Å². The third kappa shape index (κ3) is 6.65. The molecule has 3 heterocycles. The maximum Gasteiger partial charge on any atom is 0.419 e. The van der Waals surface area contributed by atoms with Crippen LogP contribution in [-0.2, 0) is 21.0 Å². The monoisotopic (exact) mass is 626 g/mol. The van der Waals surface area contributed by atoms with Crippen LogP contribution in [0, 0.1) is 18.7 Å². The van der Waals surface area contributed by atoms with Crippen LogP contribution >= 0.6 is 0 Å². The number of halogens is 4. The van der Waals surface area contributed by atoms with Gasteiger partial charge in [0.25, 0.3) is 5.91 Å². The molecule has 2 aliphatic heterocycles. The molecular formula is C29H34F4N4O5S. The van der Waals surface area contributed by atoms with Crippen LogP contribution in [0.15, 0.2) is 12.1 Å². The SMILES string of the molecule is Cc1[nH]c(/C=C2\C(=O)Nc3c(NS(C)(=O)=O)cc(F)cc32)c(C(F)(F)F)c1C(=O)C1CCC(O)(CN2CCCCC2)CC1. The van der Waals surface area contributed by atoms with Crippen molar-refractivity contribution >= 4 is 44.7 Å². The second-order valence-corrected chi connectivity index (χ2v) is 13.6. The minimum absolute atomic E-state index is 0.0318. The van der Waals surface area contributed by atoms with Crippen molar-refractivity contribution in [3.8, 4) is 0 Å². The number of aromatic nitrogens is 1. The van der Waals surface area contributed by atoms with E-state index >= 15 is 0 Å². The quantitative estimate of drug-likeness (QED) is 0.196. The molecule has 43 heavy (non-hydrogen) atoms. The van der Waals surface area contributed by atoms with Crippen molar-refractivity contribution in [2.24, 2.45) is 5.92 Å². The molecular weight excluding hydrogens is 592 g/mol. The van der Waals surface area contributed by atoms with Gasteiger partial charge in [0.05, 0.1) is 45.6 Å². The van der Waals surface area contributed by atoms with Gasteiger partial charge in [-0.25, -0.2) is 12.8 Å². The van der Waals surface area contributed by atoms with E-state index < -0.39 is 62.0 Å². The van der Waals surface area contributed by atoms with Gasteiger partial charge in [-0.3, -0.25) is 14.3 Å². The summed E-state index contributed by atoms with van der Waals surface area (Å²) in [5.41, 5.74) is -4.18. The molecule has 0 atom stereocenters. The number of hydrogen-bond donors (Lipinski definition) is 4. The second kappa shape index (κ2) is 11.4. The Morgan fingerprint density at radius 3 is 2.44 bits per heavy atom. The average Bonchev–Trinajstić information content (AvgIpc) is 3.40. The van der Waals surface area contributed by atoms with E-state index in [1.807, 2.05) is 0 Å². The molecule has 0 unspecified atom stereocenters. The van der Waals surface area contributed by atoms with Crippen molar-refractivity contribution < 1.29 is 40.7 Å². The number of fused-ring (bicyclic) bond motifs is 1. The number of benzene rings is 1. The Bertz CT molecular complexity index is 1580. The highest BCUT2D eigenvalue weighted by molar-refractivity contribution is 7.92. The first-order valence-corrected chi connectivity index (χ1v) is 16.1. The van der Waals surface area contributed by atoms with Crippen molar-refractivity contribution in [3.05, 3.63) is 46.0 Å². The molecule has 0 radical (unpaired) electrons. The molecule has 9 nitrogen and oxygen atoms in total. The van der Waals surface area contributed by atoms with Crippen molar-refractivity contribution in [2.75, 3.05) is 35.9 Å². The third-order valence-corrected chi connectivity index (χ3v) is 9.05. The highest BCUT2D eigenvalue weighted by atomic mass is 32.2. The van der Waals surface area contributed by atoms with Gasteiger partial charge in [-0.15, -0.1) is 0 Å². The number of nitrogens with one attached hydrogen (secondary N) is 3. The van der Waals surface area contributed by atoms with Crippen LogP contribution < -0.4 is 10.0 Å². The minimum atomic E-state index is -4.98. The lowest BCUT2D eigenvalue weighted by atomic mass is 9.75. The van der Waals surface area contributed by atoms with Crippen LogP contribution in [0.25, 0.3) is 11.6 Å². The number of rotatable bonds is 7. The molecule has 2 aromatic rings. The summed E-state index contributed by atoms with van der Waals surface area (Å²) < 4.78 is 83.6. The number of alkyl halides is 3. The van der Waals surface area contributed by atoms with Gasteiger partial charge in [0.1, 0.15) is 5.82 Å². The molecule has 1 aromatic carbocycles. The fourth-order valence-electron chi connectivity index (χ4n) is 6.50. The first kappa shape index (κ1) is 31.2. The van der Waals surface area contributed by atoms with Crippen LogP contribution in [0.1, 0.15) is 77.8 Å². The molecule has 14 heteroatoms. The van der Waals surface area contributed by atoms with Crippen LogP contribution in [0.4, 0.5) is 28.9 Å². The van der Waals surface area contributed by atoms with Gasteiger partial charge < -0.3 is 20.3 Å². The molecule has 5 rings (SSSR count).